The molecule has 0 saturated heterocycles. The SMILES string of the molecule is [B]c1ccc2c(c1)OC(c1ccc(C)o1)n1c-2c(Cl)c2cc(Cl)ccc21. The van der Waals surface area contributed by atoms with Crippen molar-refractivity contribution in [1.29, 1.82) is 0 Å². The summed E-state index contributed by atoms with van der Waals surface area (Å²) >= 11 is 13.0. The number of fused-ring (bicyclic) bond motifs is 5. The molecule has 1 aliphatic heterocycles. The van der Waals surface area contributed by atoms with Crippen molar-refractivity contribution in [2.24, 2.45) is 0 Å². The summed E-state index contributed by atoms with van der Waals surface area (Å²) in [6, 6.07) is 15.1. The normalized spacial score (nSPS) is 15.6. The molecule has 0 fully saturated rings. The standard InChI is InChI=1S/C20H12BCl2NO2/c1-10-2-7-16(25-10)20-24-15-6-4-12(22)9-14(15)18(23)19(24)13-5-3-11(21)8-17(13)26-20/h2-9,20H,1H3. The molecule has 2 aromatic heterocycles. The number of ether oxygens (including phenoxy) is 1. The molecule has 0 aliphatic carbocycles. The molecule has 3 nitrogen and oxygen atoms in total. The number of nitrogens with zero attached hydrogens (tertiary/aromatic N) is 1. The molecule has 1 atom stereocenters. The molecular weight excluding hydrogens is 368 g/mol. The highest BCUT2D eigenvalue weighted by atomic mass is 35.5. The predicted octanol–water partition coefficient (Wildman–Crippen LogP) is 5.25. The minimum atomic E-state index is -0.482. The fourth-order valence-electron chi connectivity index (χ4n) is 3.52. The van der Waals surface area contributed by atoms with E-state index in [4.69, 9.17) is 40.2 Å². The van der Waals surface area contributed by atoms with Gasteiger partial charge in [-0.2, -0.15) is 0 Å². The topological polar surface area (TPSA) is 27.3 Å². The van der Waals surface area contributed by atoms with Gasteiger partial charge in [0.1, 0.15) is 19.4 Å². The molecule has 4 aromatic rings. The maximum absolute atomic E-state index is 6.78. The van der Waals surface area contributed by atoms with Gasteiger partial charge in [0.25, 0.3) is 0 Å². The Hall–Kier alpha value is -2.30. The quantitative estimate of drug-likeness (QED) is 0.422. The van der Waals surface area contributed by atoms with Crippen molar-refractivity contribution in [3.05, 3.63) is 70.1 Å². The lowest BCUT2D eigenvalue weighted by atomic mass is 9.93. The van der Waals surface area contributed by atoms with Crippen molar-refractivity contribution in [2.75, 3.05) is 0 Å². The van der Waals surface area contributed by atoms with Gasteiger partial charge in [0.2, 0.25) is 6.23 Å². The molecule has 2 aromatic carbocycles. The van der Waals surface area contributed by atoms with Crippen LogP contribution in [0.2, 0.25) is 10.0 Å². The fraction of sp³-hybridized carbons (Fsp3) is 0.100. The number of aryl methyl sites for hydroxylation is 1. The second-order valence-electron chi connectivity index (χ2n) is 6.37. The van der Waals surface area contributed by atoms with E-state index in [0.29, 0.717) is 27.0 Å². The minimum Gasteiger partial charge on any atom is -0.462 e. The van der Waals surface area contributed by atoms with Crippen molar-refractivity contribution in [1.82, 2.24) is 4.57 Å². The summed E-state index contributed by atoms with van der Waals surface area (Å²) in [6.07, 6.45) is -0.482. The lowest BCUT2D eigenvalue weighted by Gasteiger charge is -2.29. The van der Waals surface area contributed by atoms with Gasteiger partial charge in [-0.3, -0.25) is 4.57 Å². The average Bonchev–Trinajstić information content (AvgIpc) is 3.16. The van der Waals surface area contributed by atoms with E-state index < -0.39 is 6.23 Å². The third-order valence-electron chi connectivity index (χ3n) is 4.64. The third kappa shape index (κ3) is 2.22. The molecule has 5 rings (SSSR count). The highest BCUT2D eigenvalue weighted by Crippen LogP contribution is 2.48. The molecule has 2 radical (unpaired) electrons. The van der Waals surface area contributed by atoms with E-state index in [1.54, 1.807) is 0 Å². The van der Waals surface area contributed by atoms with E-state index in [2.05, 4.69) is 0 Å². The maximum Gasteiger partial charge on any atom is 0.235 e. The molecule has 3 heterocycles. The van der Waals surface area contributed by atoms with Crippen molar-refractivity contribution >= 4 is 47.4 Å². The van der Waals surface area contributed by atoms with Gasteiger partial charge in [0.05, 0.1) is 16.2 Å². The van der Waals surface area contributed by atoms with Gasteiger partial charge >= 0.3 is 0 Å². The summed E-state index contributed by atoms with van der Waals surface area (Å²) in [7, 11) is 5.96. The summed E-state index contributed by atoms with van der Waals surface area (Å²) in [5.41, 5.74) is 3.30. The van der Waals surface area contributed by atoms with Crippen LogP contribution >= 0.6 is 23.2 Å². The Bertz CT molecular complexity index is 1180. The van der Waals surface area contributed by atoms with Gasteiger partial charge in [-0.05, 0) is 49.4 Å². The largest absolute Gasteiger partial charge is 0.462 e. The van der Waals surface area contributed by atoms with E-state index >= 15 is 0 Å². The smallest absolute Gasteiger partial charge is 0.235 e. The molecule has 6 heteroatoms. The second-order valence-corrected chi connectivity index (χ2v) is 7.18. The zero-order chi connectivity index (χ0) is 18.0. The van der Waals surface area contributed by atoms with Crippen molar-refractivity contribution < 1.29 is 9.15 Å². The first-order chi connectivity index (χ1) is 12.5. The summed E-state index contributed by atoms with van der Waals surface area (Å²) in [6.45, 7) is 1.90. The van der Waals surface area contributed by atoms with Crippen molar-refractivity contribution in [3.8, 4) is 17.0 Å². The monoisotopic (exact) mass is 379 g/mol. The lowest BCUT2D eigenvalue weighted by molar-refractivity contribution is 0.145. The van der Waals surface area contributed by atoms with Crippen LogP contribution in [-0.2, 0) is 0 Å². The molecule has 0 N–H and O–H groups in total. The number of halogens is 2. The number of hydrogen-bond donors (Lipinski definition) is 0. The van der Waals surface area contributed by atoms with Crippen LogP contribution < -0.4 is 10.2 Å². The van der Waals surface area contributed by atoms with Crippen LogP contribution in [0.1, 0.15) is 17.7 Å². The Morgan fingerprint density at radius 2 is 1.88 bits per heavy atom. The number of furan rings is 1. The first-order valence-electron chi connectivity index (χ1n) is 8.15. The van der Waals surface area contributed by atoms with Crippen LogP contribution in [0, 0.1) is 6.92 Å². The van der Waals surface area contributed by atoms with E-state index in [9.17, 15) is 0 Å². The van der Waals surface area contributed by atoms with Crippen LogP contribution in [0.5, 0.6) is 5.75 Å². The van der Waals surface area contributed by atoms with E-state index in [1.807, 2.05) is 60.0 Å². The molecule has 0 amide bonds. The Morgan fingerprint density at radius 1 is 1.04 bits per heavy atom. The third-order valence-corrected chi connectivity index (χ3v) is 5.26. The van der Waals surface area contributed by atoms with Crippen LogP contribution in [0.15, 0.2) is 52.9 Å². The summed E-state index contributed by atoms with van der Waals surface area (Å²) < 4.78 is 14.2. The Labute approximate surface area is 161 Å². The second kappa shape index (κ2) is 5.60. The van der Waals surface area contributed by atoms with Gasteiger partial charge in [-0.15, -0.1) is 0 Å². The highest BCUT2D eigenvalue weighted by Gasteiger charge is 2.33. The van der Waals surface area contributed by atoms with Gasteiger partial charge in [-0.1, -0.05) is 34.7 Å². The van der Waals surface area contributed by atoms with E-state index in [0.717, 1.165) is 27.9 Å². The van der Waals surface area contributed by atoms with Crippen molar-refractivity contribution in [3.63, 3.8) is 0 Å². The minimum absolute atomic E-state index is 0.482. The molecule has 26 heavy (non-hydrogen) atoms. The summed E-state index contributed by atoms with van der Waals surface area (Å²) in [5, 5.41) is 2.13. The Morgan fingerprint density at radius 3 is 2.65 bits per heavy atom. The summed E-state index contributed by atoms with van der Waals surface area (Å²) in [4.78, 5) is 0. The first kappa shape index (κ1) is 15.9. The maximum atomic E-state index is 6.78. The average molecular weight is 380 g/mol. The number of rotatable bonds is 1. The van der Waals surface area contributed by atoms with Crippen LogP contribution in [0.3, 0.4) is 0 Å². The molecule has 0 bridgehead atoms. The highest BCUT2D eigenvalue weighted by molar-refractivity contribution is 6.39. The number of benzene rings is 2. The fourth-order valence-corrected chi connectivity index (χ4v) is 4.03. The van der Waals surface area contributed by atoms with E-state index in [1.165, 1.54) is 0 Å². The molecular formula is C20H12BCl2NO2. The van der Waals surface area contributed by atoms with Gasteiger partial charge in [-0.25, -0.2) is 0 Å². The van der Waals surface area contributed by atoms with Crippen LogP contribution in [-0.4, -0.2) is 12.4 Å². The molecule has 1 aliphatic rings. The number of aromatic nitrogens is 1. The zero-order valence-electron chi connectivity index (χ0n) is 13.8. The lowest BCUT2D eigenvalue weighted by Crippen LogP contribution is -2.22. The van der Waals surface area contributed by atoms with Crippen LogP contribution in [0.4, 0.5) is 0 Å². The molecule has 126 valence electrons. The predicted molar refractivity (Wildman–Crippen MR) is 105 cm³/mol. The Kier molecular flexibility index (Phi) is 3.43. The van der Waals surface area contributed by atoms with Crippen molar-refractivity contribution in [2.45, 2.75) is 13.2 Å². The summed E-state index contributed by atoms with van der Waals surface area (Å²) in [5.74, 6) is 2.18. The van der Waals surface area contributed by atoms with E-state index in [-0.39, 0.29) is 0 Å². The zero-order valence-corrected chi connectivity index (χ0v) is 15.3. The number of hydrogen-bond acceptors (Lipinski definition) is 2. The molecule has 1 unspecified atom stereocenters. The van der Waals surface area contributed by atoms with Crippen LogP contribution in [0.25, 0.3) is 22.2 Å². The first-order valence-corrected chi connectivity index (χ1v) is 8.90. The van der Waals surface area contributed by atoms with Gasteiger partial charge < -0.3 is 9.15 Å². The molecule has 0 saturated carbocycles. The van der Waals surface area contributed by atoms with Gasteiger partial charge in [0.15, 0.2) is 5.76 Å². The Balaban J connectivity index is 1.88. The molecule has 0 spiro atoms. The van der Waals surface area contributed by atoms with Gasteiger partial charge in [0, 0.05) is 16.0 Å².